The van der Waals surface area contributed by atoms with Crippen molar-refractivity contribution in [1.82, 2.24) is 14.8 Å². The molecule has 0 aliphatic heterocycles. The van der Waals surface area contributed by atoms with Crippen molar-refractivity contribution in [3.63, 3.8) is 0 Å². The summed E-state index contributed by atoms with van der Waals surface area (Å²) in [5.41, 5.74) is 0.611. The van der Waals surface area contributed by atoms with Crippen molar-refractivity contribution < 1.29 is 0 Å². The Kier molecular flexibility index (Phi) is 2.13. The van der Waals surface area contributed by atoms with Gasteiger partial charge in [-0.15, -0.1) is 0 Å². The lowest BCUT2D eigenvalue weighted by atomic mass is 10.4. The second-order valence-electron chi connectivity index (χ2n) is 2.92. The first kappa shape index (κ1) is 9.02. The number of pyridine rings is 1. The van der Waals surface area contributed by atoms with E-state index < -0.39 is 0 Å². The Morgan fingerprint density at radius 2 is 2.36 bits per heavy atom. The minimum Gasteiger partial charge on any atom is -0.294 e. The van der Waals surface area contributed by atoms with Gasteiger partial charge in [0.2, 0.25) is 0 Å². The van der Waals surface area contributed by atoms with E-state index in [1.165, 1.54) is 10.7 Å². The number of aromatic amines is 1. The van der Waals surface area contributed by atoms with Crippen molar-refractivity contribution in [2.24, 2.45) is 0 Å². The first-order valence-electron chi connectivity index (χ1n) is 4.08. The highest BCUT2D eigenvalue weighted by atomic mass is 35.5. The predicted molar refractivity (Wildman–Crippen MR) is 53.9 cm³/mol. The summed E-state index contributed by atoms with van der Waals surface area (Å²) in [5.74, 6) is 0.423. The van der Waals surface area contributed by atoms with Crippen LogP contribution in [0.2, 0.25) is 5.02 Å². The van der Waals surface area contributed by atoms with Crippen molar-refractivity contribution in [3.8, 4) is 5.82 Å². The number of H-pyrrole nitrogens is 1. The van der Waals surface area contributed by atoms with Gasteiger partial charge in [-0.3, -0.25) is 9.89 Å². The largest absolute Gasteiger partial charge is 0.294 e. The molecule has 14 heavy (non-hydrogen) atoms. The summed E-state index contributed by atoms with van der Waals surface area (Å²) in [7, 11) is 0. The highest BCUT2D eigenvalue weighted by Crippen LogP contribution is 2.14. The Hall–Kier alpha value is -1.55. The van der Waals surface area contributed by atoms with E-state index in [1.807, 2.05) is 0 Å². The summed E-state index contributed by atoms with van der Waals surface area (Å²) in [5, 5.41) is 3.30. The summed E-state index contributed by atoms with van der Waals surface area (Å²) in [6.07, 6.45) is 1.59. The molecule has 72 valence electrons. The van der Waals surface area contributed by atoms with Crippen molar-refractivity contribution >= 4 is 11.6 Å². The van der Waals surface area contributed by atoms with Crippen molar-refractivity contribution in [1.29, 1.82) is 0 Å². The minimum atomic E-state index is -0.164. The van der Waals surface area contributed by atoms with Crippen LogP contribution in [-0.2, 0) is 0 Å². The number of hydrogen-bond donors (Lipinski definition) is 1. The third-order valence-electron chi connectivity index (χ3n) is 1.80. The van der Waals surface area contributed by atoms with E-state index in [0.717, 1.165) is 5.69 Å². The van der Waals surface area contributed by atoms with Gasteiger partial charge in [0.05, 0.1) is 5.02 Å². The smallest absolute Gasteiger partial charge is 0.272 e. The predicted octanol–water partition coefficient (Wildman–Crippen LogP) is 1.52. The lowest BCUT2D eigenvalue weighted by molar-refractivity contribution is 0.807. The second-order valence-corrected chi connectivity index (χ2v) is 3.33. The maximum Gasteiger partial charge on any atom is 0.272 e. The minimum absolute atomic E-state index is 0.164. The van der Waals surface area contributed by atoms with Gasteiger partial charge < -0.3 is 0 Å². The maximum absolute atomic E-state index is 11.4. The van der Waals surface area contributed by atoms with Gasteiger partial charge in [0, 0.05) is 18.0 Å². The molecule has 0 fully saturated rings. The van der Waals surface area contributed by atoms with E-state index in [2.05, 4.69) is 10.1 Å². The fourth-order valence-corrected chi connectivity index (χ4v) is 1.42. The van der Waals surface area contributed by atoms with E-state index in [0.29, 0.717) is 10.8 Å². The zero-order valence-corrected chi connectivity index (χ0v) is 8.25. The topological polar surface area (TPSA) is 50.7 Å². The molecule has 0 spiro atoms. The van der Waals surface area contributed by atoms with Crippen LogP contribution < -0.4 is 5.56 Å². The first-order valence-corrected chi connectivity index (χ1v) is 4.46. The zero-order valence-electron chi connectivity index (χ0n) is 7.49. The number of hydrogen-bond acceptors (Lipinski definition) is 2. The van der Waals surface area contributed by atoms with E-state index in [4.69, 9.17) is 11.6 Å². The number of halogens is 1. The van der Waals surface area contributed by atoms with Crippen LogP contribution in [0.25, 0.3) is 5.82 Å². The molecule has 2 aromatic rings. The molecule has 0 saturated heterocycles. The average Bonchev–Trinajstić information content (AvgIpc) is 2.46. The molecule has 2 aromatic heterocycles. The summed E-state index contributed by atoms with van der Waals surface area (Å²) in [6, 6.07) is 4.89. The third-order valence-corrected chi connectivity index (χ3v) is 2.09. The van der Waals surface area contributed by atoms with Crippen molar-refractivity contribution in [2.75, 3.05) is 0 Å². The number of aryl methyl sites for hydroxylation is 1. The molecule has 5 heteroatoms. The van der Waals surface area contributed by atoms with E-state index in [-0.39, 0.29) is 5.56 Å². The van der Waals surface area contributed by atoms with Crippen LogP contribution in [0.5, 0.6) is 0 Å². The molecule has 2 heterocycles. The molecular weight excluding hydrogens is 202 g/mol. The van der Waals surface area contributed by atoms with Gasteiger partial charge in [-0.05, 0) is 19.1 Å². The quantitative estimate of drug-likeness (QED) is 0.774. The number of rotatable bonds is 1. The maximum atomic E-state index is 11.4. The van der Waals surface area contributed by atoms with Crippen LogP contribution in [0.15, 0.2) is 29.2 Å². The first-order chi connectivity index (χ1) is 6.68. The number of nitrogens with one attached hydrogen (secondary N) is 1. The molecule has 2 rings (SSSR count). The highest BCUT2D eigenvalue weighted by Gasteiger charge is 2.06. The van der Waals surface area contributed by atoms with E-state index in [9.17, 15) is 4.79 Å². The lowest BCUT2D eigenvalue weighted by Gasteiger charge is -2.01. The molecule has 0 aromatic carbocycles. The van der Waals surface area contributed by atoms with Gasteiger partial charge in [-0.1, -0.05) is 11.6 Å². The molecule has 0 amide bonds. The molecule has 0 unspecified atom stereocenters. The van der Waals surface area contributed by atoms with E-state index in [1.54, 1.807) is 25.3 Å². The van der Waals surface area contributed by atoms with Gasteiger partial charge in [0.1, 0.15) is 0 Å². The fourth-order valence-electron chi connectivity index (χ4n) is 1.21. The average molecular weight is 210 g/mol. The van der Waals surface area contributed by atoms with Crippen LogP contribution in [-0.4, -0.2) is 14.8 Å². The Morgan fingerprint density at radius 1 is 1.57 bits per heavy atom. The molecule has 1 N–H and O–H groups in total. The summed E-state index contributed by atoms with van der Waals surface area (Å²) >= 11 is 5.90. The molecule has 0 saturated carbocycles. The Morgan fingerprint density at radius 3 is 2.93 bits per heavy atom. The van der Waals surface area contributed by atoms with Gasteiger partial charge in [-0.25, -0.2) is 4.98 Å². The van der Waals surface area contributed by atoms with Gasteiger partial charge in [0.15, 0.2) is 5.82 Å². The molecule has 4 nitrogen and oxygen atoms in total. The molecule has 0 aliphatic rings. The zero-order chi connectivity index (χ0) is 10.1. The molecule has 0 bridgehead atoms. The van der Waals surface area contributed by atoms with E-state index >= 15 is 0 Å². The molecular formula is C9H8ClN3O. The van der Waals surface area contributed by atoms with Gasteiger partial charge in [0.25, 0.3) is 5.56 Å². The standard InChI is InChI=1S/C9H8ClN3O/c1-6-5-8(14)13(12-6)9-7(10)3-2-4-11-9/h2-5,12H,1H3. The Labute approximate surface area is 85.1 Å². The number of aromatic nitrogens is 3. The Balaban J connectivity index is 2.66. The monoisotopic (exact) mass is 209 g/mol. The van der Waals surface area contributed by atoms with Crippen molar-refractivity contribution in [2.45, 2.75) is 6.92 Å². The van der Waals surface area contributed by atoms with Gasteiger partial charge >= 0.3 is 0 Å². The van der Waals surface area contributed by atoms with Crippen molar-refractivity contribution in [3.05, 3.63) is 45.5 Å². The van der Waals surface area contributed by atoms with Gasteiger partial charge in [-0.2, -0.15) is 4.68 Å². The van der Waals surface area contributed by atoms with Crippen LogP contribution in [0.1, 0.15) is 5.69 Å². The second kappa shape index (κ2) is 3.31. The summed E-state index contributed by atoms with van der Waals surface area (Å²) < 4.78 is 1.32. The highest BCUT2D eigenvalue weighted by molar-refractivity contribution is 6.32. The molecule has 0 aliphatic carbocycles. The lowest BCUT2D eigenvalue weighted by Crippen LogP contribution is -2.15. The SMILES string of the molecule is Cc1cc(=O)n(-c2ncccc2Cl)[nH]1. The fraction of sp³-hybridized carbons (Fsp3) is 0.111. The number of nitrogens with zero attached hydrogens (tertiary/aromatic N) is 2. The Bertz CT molecular complexity index is 515. The molecule has 0 atom stereocenters. The summed E-state index contributed by atoms with van der Waals surface area (Å²) in [6.45, 7) is 1.80. The summed E-state index contributed by atoms with van der Waals surface area (Å²) in [4.78, 5) is 15.4. The van der Waals surface area contributed by atoms with Crippen LogP contribution in [0.3, 0.4) is 0 Å². The normalized spacial score (nSPS) is 10.4. The van der Waals surface area contributed by atoms with Crippen LogP contribution in [0.4, 0.5) is 0 Å². The third kappa shape index (κ3) is 1.44. The van der Waals surface area contributed by atoms with Crippen LogP contribution in [0, 0.1) is 6.92 Å². The molecule has 0 radical (unpaired) electrons. The van der Waals surface area contributed by atoms with Crippen LogP contribution >= 0.6 is 11.6 Å².